The van der Waals surface area contributed by atoms with Crippen LogP contribution in [-0.4, -0.2) is 0 Å². The Kier molecular flexibility index (Phi) is 3.56. The number of hydrogen-bond donors (Lipinski definition) is 0. The van der Waals surface area contributed by atoms with Crippen molar-refractivity contribution in [3.63, 3.8) is 0 Å². The minimum atomic E-state index is 0.705. The van der Waals surface area contributed by atoms with Crippen molar-refractivity contribution >= 4 is 0 Å². The summed E-state index contributed by atoms with van der Waals surface area (Å²) in [6, 6.07) is 14.0. The highest BCUT2D eigenvalue weighted by molar-refractivity contribution is 5.74. The zero-order chi connectivity index (χ0) is 15.1. The van der Waals surface area contributed by atoms with E-state index in [1.54, 1.807) is 22.3 Å². The summed E-state index contributed by atoms with van der Waals surface area (Å²) >= 11 is 0. The second-order valence-corrected chi connectivity index (χ2v) is 7.34. The van der Waals surface area contributed by atoms with Crippen LogP contribution in [0.1, 0.15) is 73.6 Å². The summed E-state index contributed by atoms with van der Waals surface area (Å²) in [6.07, 6.45) is 7.90. The Morgan fingerprint density at radius 3 is 2.41 bits per heavy atom. The highest BCUT2D eigenvalue weighted by atomic mass is 14.3. The zero-order valence-corrected chi connectivity index (χ0v) is 13.9. The molecule has 0 amide bonds. The molecule has 0 saturated heterocycles. The lowest BCUT2D eigenvalue weighted by Crippen LogP contribution is -2.11. The van der Waals surface area contributed by atoms with Crippen LogP contribution in [0.5, 0.6) is 0 Å². The molecule has 2 atom stereocenters. The van der Waals surface area contributed by atoms with Gasteiger partial charge in [-0.05, 0) is 83.7 Å². The fraction of sp³-hybridized carbons (Fsp3) is 0.455. The zero-order valence-electron chi connectivity index (χ0n) is 13.9. The van der Waals surface area contributed by atoms with Crippen molar-refractivity contribution < 1.29 is 0 Å². The lowest BCUT2D eigenvalue weighted by atomic mass is 9.76. The van der Waals surface area contributed by atoms with Gasteiger partial charge in [-0.1, -0.05) is 50.2 Å². The predicted molar refractivity (Wildman–Crippen MR) is 94.6 cm³/mol. The van der Waals surface area contributed by atoms with Crippen LogP contribution in [-0.2, 0) is 12.8 Å². The molecule has 4 rings (SSSR count). The van der Waals surface area contributed by atoms with Crippen molar-refractivity contribution in [2.24, 2.45) is 0 Å². The quantitative estimate of drug-likeness (QED) is 0.583. The maximum atomic E-state index is 2.42. The number of benzene rings is 2. The topological polar surface area (TPSA) is 0 Å². The highest BCUT2D eigenvalue weighted by Gasteiger charge is 2.24. The molecule has 0 saturated carbocycles. The third-order valence-electron chi connectivity index (χ3n) is 5.87. The molecule has 22 heavy (non-hydrogen) atoms. The molecule has 2 aromatic carbocycles. The first-order valence-electron chi connectivity index (χ1n) is 8.99. The molecule has 0 heterocycles. The lowest BCUT2D eigenvalue weighted by molar-refractivity contribution is 0.587. The van der Waals surface area contributed by atoms with Gasteiger partial charge in [0.1, 0.15) is 0 Å². The van der Waals surface area contributed by atoms with Gasteiger partial charge in [-0.25, -0.2) is 0 Å². The molecule has 0 aliphatic heterocycles. The largest absolute Gasteiger partial charge is 0.0614 e. The van der Waals surface area contributed by atoms with Crippen molar-refractivity contribution in [3.05, 3.63) is 58.7 Å². The minimum Gasteiger partial charge on any atom is -0.0614 e. The molecule has 114 valence electrons. The molecule has 2 aliphatic carbocycles. The van der Waals surface area contributed by atoms with Gasteiger partial charge in [0.2, 0.25) is 0 Å². The first kappa shape index (κ1) is 14.1. The van der Waals surface area contributed by atoms with Crippen LogP contribution in [0.3, 0.4) is 0 Å². The Bertz CT molecular complexity index is 695. The molecule has 2 aliphatic rings. The fourth-order valence-corrected chi connectivity index (χ4v) is 4.73. The lowest BCUT2D eigenvalue weighted by Gasteiger charge is -2.29. The van der Waals surface area contributed by atoms with E-state index in [0.717, 1.165) is 5.92 Å². The summed E-state index contributed by atoms with van der Waals surface area (Å²) in [6.45, 7) is 4.81. The highest BCUT2D eigenvalue weighted by Crippen LogP contribution is 2.42. The van der Waals surface area contributed by atoms with Crippen molar-refractivity contribution in [1.82, 2.24) is 0 Å². The third-order valence-corrected chi connectivity index (χ3v) is 5.87. The first-order valence-corrected chi connectivity index (χ1v) is 8.99. The average Bonchev–Trinajstić information content (AvgIpc) is 2.55. The molecule has 0 aromatic heterocycles. The maximum Gasteiger partial charge on any atom is -0.0144 e. The second-order valence-electron chi connectivity index (χ2n) is 7.34. The number of fused-ring (bicyclic) bond motifs is 2. The molecular weight excluding hydrogens is 264 g/mol. The summed E-state index contributed by atoms with van der Waals surface area (Å²) in [5.41, 5.74) is 9.51. The van der Waals surface area contributed by atoms with Crippen molar-refractivity contribution in [3.8, 4) is 11.1 Å². The van der Waals surface area contributed by atoms with E-state index in [-0.39, 0.29) is 0 Å². The van der Waals surface area contributed by atoms with E-state index in [4.69, 9.17) is 0 Å². The summed E-state index contributed by atoms with van der Waals surface area (Å²) in [4.78, 5) is 0. The van der Waals surface area contributed by atoms with Gasteiger partial charge in [0.25, 0.3) is 0 Å². The Hall–Kier alpha value is -1.56. The van der Waals surface area contributed by atoms with Crippen molar-refractivity contribution in [2.45, 2.75) is 64.2 Å². The van der Waals surface area contributed by atoms with Crippen LogP contribution in [0.2, 0.25) is 0 Å². The number of aryl methyl sites for hydroxylation is 1. The Balaban J connectivity index is 1.92. The number of hydrogen-bond acceptors (Lipinski definition) is 0. The van der Waals surface area contributed by atoms with E-state index < -0.39 is 0 Å². The molecule has 0 spiro atoms. The average molecular weight is 290 g/mol. The second kappa shape index (κ2) is 5.57. The molecule has 2 unspecified atom stereocenters. The van der Waals surface area contributed by atoms with Gasteiger partial charge in [0.15, 0.2) is 0 Å². The predicted octanol–water partition coefficient (Wildman–Crippen LogP) is 6.23. The van der Waals surface area contributed by atoms with E-state index in [9.17, 15) is 0 Å². The van der Waals surface area contributed by atoms with Crippen LogP contribution >= 0.6 is 0 Å². The Labute approximate surface area is 134 Å². The summed E-state index contributed by atoms with van der Waals surface area (Å²) in [5, 5.41) is 0. The standard InChI is InChI=1S/C22H26/c1-15-7-4-12-19-18(15)11-6-13-20(19)21-14-5-10-17-9-3-8-16(2)22(17)21/h5-6,10-11,13-16H,3-4,7-9,12H2,1-2H3. The molecule has 0 bridgehead atoms. The third kappa shape index (κ3) is 2.20. The van der Waals surface area contributed by atoms with E-state index in [0.29, 0.717) is 5.92 Å². The van der Waals surface area contributed by atoms with Gasteiger partial charge < -0.3 is 0 Å². The normalized spacial score (nSPS) is 23.7. The molecule has 0 fully saturated rings. The molecule has 0 N–H and O–H groups in total. The smallest absolute Gasteiger partial charge is 0.0144 e. The van der Waals surface area contributed by atoms with Gasteiger partial charge in [0.05, 0.1) is 0 Å². The van der Waals surface area contributed by atoms with Crippen LogP contribution in [0.4, 0.5) is 0 Å². The minimum absolute atomic E-state index is 0.705. The van der Waals surface area contributed by atoms with Gasteiger partial charge in [0, 0.05) is 0 Å². The summed E-state index contributed by atoms with van der Waals surface area (Å²) in [7, 11) is 0. The van der Waals surface area contributed by atoms with Crippen LogP contribution in [0.15, 0.2) is 36.4 Å². The van der Waals surface area contributed by atoms with E-state index in [2.05, 4.69) is 50.2 Å². The molecule has 2 aromatic rings. The van der Waals surface area contributed by atoms with Crippen molar-refractivity contribution in [2.75, 3.05) is 0 Å². The van der Waals surface area contributed by atoms with Crippen LogP contribution in [0.25, 0.3) is 11.1 Å². The van der Waals surface area contributed by atoms with E-state index in [1.165, 1.54) is 49.7 Å². The fourth-order valence-electron chi connectivity index (χ4n) is 4.73. The Morgan fingerprint density at radius 1 is 0.773 bits per heavy atom. The van der Waals surface area contributed by atoms with Gasteiger partial charge in [-0.15, -0.1) is 0 Å². The summed E-state index contributed by atoms with van der Waals surface area (Å²) < 4.78 is 0. The Morgan fingerprint density at radius 2 is 1.50 bits per heavy atom. The first-order chi connectivity index (χ1) is 10.8. The SMILES string of the molecule is CC1CCCc2c(-c3cccc4c3C(C)CCC4)cccc21. The van der Waals surface area contributed by atoms with E-state index in [1.807, 2.05) is 0 Å². The summed E-state index contributed by atoms with van der Waals surface area (Å²) in [5.74, 6) is 1.43. The van der Waals surface area contributed by atoms with Crippen molar-refractivity contribution in [1.29, 1.82) is 0 Å². The van der Waals surface area contributed by atoms with E-state index >= 15 is 0 Å². The number of rotatable bonds is 1. The molecule has 0 heteroatoms. The molecular formula is C22H26. The molecule has 0 radical (unpaired) electrons. The maximum absolute atomic E-state index is 2.42. The van der Waals surface area contributed by atoms with Crippen LogP contribution < -0.4 is 0 Å². The van der Waals surface area contributed by atoms with Gasteiger partial charge in [-0.3, -0.25) is 0 Å². The monoisotopic (exact) mass is 290 g/mol. The van der Waals surface area contributed by atoms with Gasteiger partial charge >= 0.3 is 0 Å². The van der Waals surface area contributed by atoms with Crippen LogP contribution in [0, 0.1) is 0 Å². The van der Waals surface area contributed by atoms with Gasteiger partial charge in [-0.2, -0.15) is 0 Å². The molecule has 0 nitrogen and oxygen atoms in total.